The van der Waals surface area contributed by atoms with Crippen molar-refractivity contribution in [1.82, 2.24) is 10.6 Å². The lowest BCUT2D eigenvalue weighted by atomic mass is 10.1. The number of aliphatic hydroxyl groups excluding tert-OH is 2. The molecule has 4 N–H and O–H groups in total. The lowest BCUT2D eigenvalue weighted by Crippen LogP contribution is -2.19. The molecule has 0 spiro atoms. The van der Waals surface area contributed by atoms with Crippen LogP contribution < -0.4 is 10.6 Å². The summed E-state index contributed by atoms with van der Waals surface area (Å²) < 4.78 is 0. The van der Waals surface area contributed by atoms with Gasteiger partial charge in [0, 0.05) is 37.8 Å². The molecule has 26 heavy (non-hydrogen) atoms. The Morgan fingerprint density at radius 3 is 1.15 bits per heavy atom. The number of hydrogen-bond donors (Lipinski definition) is 4. The van der Waals surface area contributed by atoms with Crippen LogP contribution in [0.3, 0.4) is 0 Å². The van der Waals surface area contributed by atoms with Crippen LogP contribution in [0.25, 0.3) is 0 Å². The molecule has 0 aromatic carbocycles. The van der Waals surface area contributed by atoms with Crippen LogP contribution in [0, 0.1) is 0 Å². The van der Waals surface area contributed by atoms with E-state index in [0.717, 1.165) is 39.0 Å². The highest BCUT2D eigenvalue weighted by Crippen LogP contribution is 2.19. The van der Waals surface area contributed by atoms with E-state index in [1.54, 1.807) is 0 Å². The maximum atomic E-state index is 8.71. The summed E-state index contributed by atoms with van der Waals surface area (Å²) in [5, 5.41) is 24.5. The van der Waals surface area contributed by atoms with Crippen LogP contribution in [0.1, 0.15) is 77.0 Å². The Morgan fingerprint density at radius 1 is 0.423 bits per heavy atom. The second-order valence-electron chi connectivity index (χ2n) is 6.83. The van der Waals surface area contributed by atoms with E-state index in [9.17, 15) is 0 Å². The zero-order valence-electron chi connectivity index (χ0n) is 16.9. The zero-order valence-corrected chi connectivity index (χ0v) is 18.5. The molecule has 6 heteroatoms. The largest absolute Gasteiger partial charge is 0.396 e. The van der Waals surface area contributed by atoms with E-state index in [0.29, 0.717) is 13.2 Å². The van der Waals surface area contributed by atoms with Crippen LogP contribution >= 0.6 is 21.6 Å². The third-order valence-corrected chi connectivity index (χ3v) is 6.74. The van der Waals surface area contributed by atoms with Gasteiger partial charge in [0.15, 0.2) is 0 Å². The maximum Gasteiger partial charge on any atom is 0.0431 e. The van der Waals surface area contributed by atoms with Gasteiger partial charge in [0.1, 0.15) is 0 Å². The molecule has 0 heterocycles. The highest BCUT2D eigenvalue weighted by Gasteiger charge is 1.94. The molecule has 0 amide bonds. The summed E-state index contributed by atoms with van der Waals surface area (Å²) in [6.07, 6.45) is 14.6. The summed E-state index contributed by atoms with van der Waals surface area (Å²) in [5.74, 6) is 2.38. The smallest absolute Gasteiger partial charge is 0.0431 e. The summed E-state index contributed by atoms with van der Waals surface area (Å²) in [7, 11) is 3.96. The highest BCUT2D eigenvalue weighted by atomic mass is 33.1. The molecule has 0 unspecified atom stereocenters. The Labute approximate surface area is 170 Å². The first kappa shape index (κ1) is 26.5. The van der Waals surface area contributed by atoms with Gasteiger partial charge in [-0.1, -0.05) is 73.0 Å². The fourth-order valence-electron chi connectivity index (χ4n) is 2.73. The minimum atomic E-state index is 0.347. The van der Waals surface area contributed by atoms with Gasteiger partial charge >= 0.3 is 0 Å². The minimum Gasteiger partial charge on any atom is -0.396 e. The topological polar surface area (TPSA) is 64.5 Å². The van der Waals surface area contributed by atoms with E-state index in [1.807, 2.05) is 21.6 Å². The molecule has 0 aliphatic rings. The first-order valence-electron chi connectivity index (χ1n) is 10.8. The van der Waals surface area contributed by atoms with E-state index in [-0.39, 0.29) is 0 Å². The van der Waals surface area contributed by atoms with Crippen LogP contribution in [-0.2, 0) is 0 Å². The van der Waals surface area contributed by atoms with E-state index >= 15 is 0 Å². The molecular weight excluding hydrogens is 364 g/mol. The Morgan fingerprint density at radius 2 is 0.769 bits per heavy atom. The van der Waals surface area contributed by atoms with E-state index in [2.05, 4.69) is 10.6 Å². The lowest BCUT2D eigenvalue weighted by molar-refractivity contribution is 0.282. The van der Waals surface area contributed by atoms with Gasteiger partial charge in [-0.3, -0.25) is 0 Å². The van der Waals surface area contributed by atoms with Gasteiger partial charge in [0.05, 0.1) is 0 Å². The molecule has 0 atom stereocenters. The quantitative estimate of drug-likeness (QED) is 0.150. The molecule has 0 bridgehead atoms. The van der Waals surface area contributed by atoms with Crippen LogP contribution in [-0.4, -0.2) is 61.1 Å². The minimum absolute atomic E-state index is 0.347. The Bertz CT molecular complexity index is 226. The van der Waals surface area contributed by atoms with Crippen molar-refractivity contribution in [3.63, 3.8) is 0 Å². The van der Waals surface area contributed by atoms with Crippen LogP contribution in [0.2, 0.25) is 0 Å². The molecule has 0 aromatic rings. The van der Waals surface area contributed by atoms with Gasteiger partial charge in [-0.05, 0) is 38.8 Å². The number of rotatable bonds is 23. The number of hydrogen-bond acceptors (Lipinski definition) is 6. The molecule has 0 saturated heterocycles. The molecule has 0 saturated carbocycles. The average Bonchev–Trinajstić information content (AvgIpc) is 2.66. The second kappa shape index (κ2) is 25.5. The van der Waals surface area contributed by atoms with Crippen molar-refractivity contribution >= 4 is 21.6 Å². The number of aliphatic hydroxyl groups is 2. The molecule has 0 radical (unpaired) electrons. The normalized spacial score (nSPS) is 11.3. The Hall–Kier alpha value is 0.540. The van der Waals surface area contributed by atoms with Crippen molar-refractivity contribution in [1.29, 1.82) is 0 Å². The summed E-state index contributed by atoms with van der Waals surface area (Å²) in [6.45, 7) is 5.22. The first-order chi connectivity index (χ1) is 12.9. The lowest BCUT2D eigenvalue weighted by Gasteiger charge is -2.06. The molecule has 0 aliphatic carbocycles. The van der Waals surface area contributed by atoms with Gasteiger partial charge in [0.2, 0.25) is 0 Å². The maximum absolute atomic E-state index is 8.71. The van der Waals surface area contributed by atoms with Crippen molar-refractivity contribution in [3.8, 4) is 0 Å². The Kier molecular flexibility index (Phi) is 26.1. The fraction of sp³-hybridized carbons (Fsp3) is 1.00. The first-order valence-corrected chi connectivity index (χ1v) is 13.3. The molecule has 158 valence electrons. The average molecular weight is 409 g/mol. The van der Waals surface area contributed by atoms with E-state index < -0.39 is 0 Å². The third-order valence-electron chi connectivity index (χ3n) is 4.33. The summed E-state index contributed by atoms with van der Waals surface area (Å²) >= 11 is 0. The molecule has 0 rings (SSSR count). The molecule has 0 aromatic heterocycles. The van der Waals surface area contributed by atoms with Crippen molar-refractivity contribution in [2.75, 3.05) is 50.9 Å². The monoisotopic (exact) mass is 408 g/mol. The zero-order chi connectivity index (χ0) is 19.0. The standard InChI is InChI=1S/C20H44N2O2S2/c23-17-11-7-3-1-5-9-13-21-15-19-25-26-20-16-22-14-10-6-2-4-8-12-18-24/h21-24H,1-20H2. The van der Waals surface area contributed by atoms with E-state index in [4.69, 9.17) is 10.2 Å². The summed E-state index contributed by atoms with van der Waals surface area (Å²) in [4.78, 5) is 0. The molecule has 0 fully saturated rings. The van der Waals surface area contributed by atoms with Gasteiger partial charge in [-0.2, -0.15) is 0 Å². The fourth-order valence-corrected chi connectivity index (χ4v) is 4.63. The molecular formula is C20H44N2O2S2. The number of unbranched alkanes of at least 4 members (excludes halogenated alkanes) is 10. The predicted molar refractivity (Wildman–Crippen MR) is 120 cm³/mol. The van der Waals surface area contributed by atoms with Crippen molar-refractivity contribution < 1.29 is 10.2 Å². The predicted octanol–water partition coefficient (Wildman–Crippen LogP) is 4.21. The van der Waals surface area contributed by atoms with Crippen molar-refractivity contribution in [2.24, 2.45) is 0 Å². The van der Waals surface area contributed by atoms with Gasteiger partial charge < -0.3 is 20.8 Å². The van der Waals surface area contributed by atoms with Crippen LogP contribution in [0.5, 0.6) is 0 Å². The number of nitrogens with one attached hydrogen (secondary N) is 2. The van der Waals surface area contributed by atoms with Gasteiger partial charge in [0.25, 0.3) is 0 Å². The summed E-state index contributed by atoms with van der Waals surface area (Å²) in [6, 6.07) is 0. The summed E-state index contributed by atoms with van der Waals surface area (Å²) in [5.41, 5.74) is 0. The second-order valence-corrected chi connectivity index (χ2v) is 9.54. The Balaban J connectivity index is 2.95. The highest BCUT2D eigenvalue weighted by molar-refractivity contribution is 8.76. The van der Waals surface area contributed by atoms with Crippen molar-refractivity contribution in [2.45, 2.75) is 77.0 Å². The van der Waals surface area contributed by atoms with Crippen LogP contribution in [0.4, 0.5) is 0 Å². The molecule has 0 aliphatic heterocycles. The molecule has 4 nitrogen and oxygen atoms in total. The SMILES string of the molecule is OCCCCCCCCNCCSSCCNCCCCCCCCO. The van der Waals surface area contributed by atoms with E-state index in [1.165, 1.54) is 75.7 Å². The van der Waals surface area contributed by atoms with Gasteiger partial charge in [-0.15, -0.1) is 0 Å². The third kappa shape index (κ3) is 24.5. The van der Waals surface area contributed by atoms with Crippen LogP contribution in [0.15, 0.2) is 0 Å². The van der Waals surface area contributed by atoms with Gasteiger partial charge in [-0.25, -0.2) is 0 Å². The van der Waals surface area contributed by atoms with Crippen molar-refractivity contribution in [3.05, 3.63) is 0 Å².